The number of nitrogens with zero attached hydrogens (tertiary/aromatic N) is 3. The standard InChI is InChI=1S/C24H20FN3O4S/c1-13-21-18(11-19(26-22(21)32-27-13)15-3-5-17(25)6-4-15)24(30)31-14(2)23(29)28-9-7-20-16(12-28)8-10-33-20/h3-6,8,10-11,14H,7,9,12H2,1-2H3. The van der Waals surface area contributed by atoms with E-state index in [2.05, 4.69) is 10.1 Å². The summed E-state index contributed by atoms with van der Waals surface area (Å²) >= 11 is 1.69. The lowest BCUT2D eigenvalue weighted by Gasteiger charge is -2.29. The van der Waals surface area contributed by atoms with Crippen molar-refractivity contribution in [1.82, 2.24) is 15.0 Å². The van der Waals surface area contributed by atoms with Gasteiger partial charge in [-0.05, 0) is 67.6 Å². The van der Waals surface area contributed by atoms with E-state index in [0.29, 0.717) is 35.4 Å². The Kier molecular flexibility index (Phi) is 5.41. The van der Waals surface area contributed by atoms with Crippen molar-refractivity contribution in [3.05, 3.63) is 69.3 Å². The van der Waals surface area contributed by atoms with Crippen LogP contribution >= 0.6 is 11.3 Å². The second-order valence-electron chi connectivity index (χ2n) is 7.94. The molecule has 168 valence electrons. The number of aromatic nitrogens is 2. The molecule has 33 heavy (non-hydrogen) atoms. The Morgan fingerprint density at radius 2 is 2.03 bits per heavy atom. The minimum Gasteiger partial charge on any atom is -0.449 e. The number of aryl methyl sites for hydroxylation is 1. The van der Waals surface area contributed by atoms with Gasteiger partial charge < -0.3 is 14.2 Å². The molecule has 9 heteroatoms. The van der Waals surface area contributed by atoms with Crippen LogP contribution in [0.3, 0.4) is 0 Å². The molecule has 0 spiro atoms. The Bertz CT molecular complexity index is 1360. The van der Waals surface area contributed by atoms with Crippen LogP contribution in [0.25, 0.3) is 22.4 Å². The summed E-state index contributed by atoms with van der Waals surface area (Å²) in [5.74, 6) is -1.30. The smallest absolute Gasteiger partial charge is 0.339 e. The Morgan fingerprint density at radius 1 is 1.24 bits per heavy atom. The number of thiophene rings is 1. The molecule has 1 amide bonds. The maximum absolute atomic E-state index is 13.3. The van der Waals surface area contributed by atoms with E-state index in [1.165, 1.54) is 17.0 Å². The van der Waals surface area contributed by atoms with Crippen molar-refractivity contribution in [2.45, 2.75) is 32.9 Å². The van der Waals surface area contributed by atoms with Crippen molar-refractivity contribution in [3.63, 3.8) is 0 Å². The highest BCUT2D eigenvalue weighted by Gasteiger charge is 2.29. The first-order chi connectivity index (χ1) is 15.9. The minimum atomic E-state index is -0.963. The van der Waals surface area contributed by atoms with E-state index in [1.807, 2.05) is 11.4 Å². The molecule has 0 bridgehead atoms. The molecule has 1 aromatic carbocycles. The van der Waals surface area contributed by atoms with Gasteiger partial charge in [-0.2, -0.15) is 0 Å². The van der Waals surface area contributed by atoms with Crippen LogP contribution in [0.1, 0.15) is 33.4 Å². The third-order valence-electron chi connectivity index (χ3n) is 5.73. The van der Waals surface area contributed by atoms with E-state index in [1.54, 1.807) is 48.3 Å². The van der Waals surface area contributed by atoms with Crippen LogP contribution in [0.15, 0.2) is 46.3 Å². The molecule has 0 saturated heterocycles. The highest BCUT2D eigenvalue weighted by Crippen LogP contribution is 2.29. The van der Waals surface area contributed by atoms with Gasteiger partial charge in [-0.15, -0.1) is 11.3 Å². The third kappa shape index (κ3) is 4.00. The molecular weight excluding hydrogens is 445 g/mol. The predicted molar refractivity (Wildman–Crippen MR) is 120 cm³/mol. The van der Waals surface area contributed by atoms with Crippen LogP contribution in [0.2, 0.25) is 0 Å². The van der Waals surface area contributed by atoms with Crippen LogP contribution in [-0.4, -0.2) is 39.6 Å². The fourth-order valence-electron chi connectivity index (χ4n) is 3.99. The first-order valence-corrected chi connectivity index (χ1v) is 11.4. The largest absolute Gasteiger partial charge is 0.449 e. The Morgan fingerprint density at radius 3 is 2.82 bits per heavy atom. The molecule has 0 radical (unpaired) electrons. The number of carbonyl (C=O) groups excluding carboxylic acids is 2. The maximum Gasteiger partial charge on any atom is 0.339 e. The molecule has 1 aliphatic rings. The summed E-state index contributed by atoms with van der Waals surface area (Å²) in [5, 5.41) is 6.36. The molecule has 5 rings (SSSR count). The van der Waals surface area contributed by atoms with Crippen molar-refractivity contribution < 1.29 is 23.2 Å². The van der Waals surface area contributed by atoms with Gasteiger partial charge in [0.15, 0.2) is 6.10 Å². The number of halogens is 1. The van der Waals surface area contributed by atoms with Gasteiger partial charge in [-0.3, -0.25) is 4.79 Å². The molecule has 0 N–H and O–H groups in total. The van der Waals surface area contributed by atoms with Gasteiger partial charge in [0.05, 0.1) is 22.3 Å². The lowest BCUT2D eigenvalue weighted by molar-refractivity contribution is -0.140. The van der Waals surface area contributed by atoms with E-state index in [-0.39, 0.29) is 23.0 Å². The zero-order chi connectivity index (χ0) is 23.1. The number of ether oxygens (including phenoxy) is 1. The number of hydrogen-bond acceptors (Lipinski definition) is 7. The SMILES string of the molecule is Cc1noc2nc(-c3ccc(F)cc3)cc(C(=O)OC(C)C(=O)N3CCc4sccc4C3)c12. The van der Waals surface area contributed by atoms with Crippen LogP contribution < -0.4 is 0 Å². The lowest BCUT2D eigenvalue weighted by atomic mass is 10.1. The second kappa shape index (κ2) is 8.40. The highest BCUT2D eigenvalue weighted by atomic mass is 32.1. The molecule has 0 fully saturated rings. The number of rotatable bonds is 4. The Labute approximate surface area is 192 Å². The molecule has 7 nitrogen and oxygen atoms in total. The zero-order valence-electron chi connectivity index (χ0n) is 18.0. The molecule has 1 atom stereocenters. The third-order valence-corrected chi connectivity index (χ3v) is 6.75. The first-order valence-electron chi connectivity index (χ1n) is 10.5. The zero-order valence-corrected chi connectivity index (χ0v) is 18.8. The number of esters is 1. The maximum atomic E-state index is 13.3. The van der Waals surface area contributed by atoms with Gasteiger partial charge in [-0.25, -0.2) is 14.2 Å². The highest BCUT2D eigenvalue weighted by molar-refractivity contribution is 7.10. The van der Waals surface area contributed by atoms with Gasteiger partial charge in [0.25, 0.3) is 11.6 Å². The summed E-state index contributed by atoms with van der Waals surface area (Å²) in [5.41, 5.74) is 2.99. The number of amides is 1. The first kappa shape index (κ1) is 21.3. The molecular formula is C24H20FN3O4S. The Balaban J connectivity index is 1.41. The Hall–Kier alpha value is -3.59. The van der Waals surface area contributed by atoms with Gasteiger partial charge >= 0.3 is 5.97 Å². The predicted octanol–water partition coefficient (Wildman–Crippen LogP) is 4.53. The summed E-state index contributed by atoms with van der Waals surface area (Å²) in [6.07, 6.45) is -0.166. The monoisotopic (exact) mass is 465 g/mol. The summed E-state index contributed by atoms with van der Waals surface area (Å²) in [4.78, 5) is 33.5. The summed E-state index contributed by atoms with van der Waals surface area (Å²) in [6, 6.07) is 9.31. The molecule has 4 heterocycles. The fourth-order valence-corrected chi connectivity index (χ4v) is 4.88. The van der Waals surface area contributed by atoms with Crippen LogP contribution in [0, 0.1) is 12.7 Å². The molecule has 0 aliphatic carbocycles. The number of benzene rings is 1. The molecule has 3 aromatic heterocycles. The van der Waals surface area contributed by atoms with Crippen LogP contribution in [0.5, 0.6) is 0 Å². The lowest BCUT2D eigenvalue weighted by Crippen LogP contribution is -2.42. The van der Waals surface area contributed by atoms with Gasteiger partial charge in [-0.1, -0.05) is 5.16 Å². The van der Waals surface area contributed by atoms with Crippen LogP contribution in [-0.2, 0) is 22.5 Å². The van der Waals surface area contributed by atoms with E-state index in [4.69, 9.17) is 9.26 Å². The quantitative estimate of drug-likeness (QED) is 0.412. The van der Waals surface area contributed by atoms with Crippen molar-refractivity contribution >= 4 is 34.3 Å². The van der Waals surface area contributed by atoms with Crippen molar-refractivity contribution in [2.75, 3.05) is 6.54 Å². The molecule has 4 aromatic rings. The number of fused-ring (bicyclic) bond motifs is 2. The average Bonchev–Trinajstić information content (AvgIpc) is 3.44. The minimum absolute atomic E-state index is 0.168. The van der Waals surface area contributed by atoms with Crippen molar-refractivity contribution in [3.8, 4) is 11.3 Å². The second-order valence-corrected chi connectivity index (χ2v) is 8.94. The van der Waals surface area contributed by atoms with Gasteiger partial charge in [0.2, 0.25) is 0 Å². The van der Waals surface area contributed by atoms with E-state index in [0.717, 1.165) is 12.0 Å². The molecule has 0 saturated carbocycles. The summed E-state index contributed by atoms with van der Waals surface area (Å²) < 4.78 is 24.2. The van der Waals surface area contributed by atoms with Gasteiger partial charge in [0, 0.05) is 23.5 Å². The summed E-state index contributed by atoms with van der Waals surface area (Å²) in [6.45, 7) is 4.37. The van der Waals surface area contributed by atoms with E-state index >= 15 is 0 Å². The van der Waals surface area contributed by atoms with Crippen molar-refractivity contribution in [2.24, 2.45) is 0 Å². The average molecular weight is 466 g/mol. The fraction of sp³-hybridized carbons (Fsp3) is 0.250. The normalized spacial score (nSPS) is 14.2. The summed E-state index contributed by atoms with van der Waals surface area (Å²) in [7, 11) is 0. The van der Waals surface area contributed by atoms with Gasteiger partial charge in [0.1, 0.15) is 5.82 Å². The number of carbonyl (C=O) groups is 2. The van der Waals surface area contributed by atoms with E-state index < -0.39 is 12.1 Å². The molecule has 1 unspecified atom stereocenters. The number of hydrogen-bond donors (Lipinski definition) is 0. The molecule has 1 aliphatic heterocycles. The topological polar surface area (TPSA) is 85.5 Å². The van der Waals surface area contributed by atoms with Crippen LogP contribution in [0.4, 0.5) is 4.39 Å². The number of pyridine rings is 1. The van der Waals surface area contributed by atoms with E-state index in [9.17, 15) is 14.0 Å². The van der Waals surface area contributed by atoms with Crippen molar-refractivity contribution in [1.29, 1.82) is 0 Å².